The lowest BCUT2D eigenvalue weighted by atomic mass is 9.82. The molecular weight excluding hydrogens is 242 g/mol. The number of methoxy groups -OCH3 is 1. The predicted molar refractivity (Wildman–Crippen MR) is 72.8 cm³/mol. The highest BCUT2D eigenvalue weighted by molar-refractivity contribution is 5.82. The Balaban J connectivity index is 1.88. The molecule has 0 bridgehead atoms. The fourth-order valence-corrected chi connectivity index (χ4v) is 2.28. The first kappa shape index (κ1) is 13.8. The minimum atomic E-state index is -0.294. The molecule has 2 rings (SSSR count). The molecule has 1 aliphatic rings. The van der Waals surface area contributed by atoms with Crippen molar-refractivity contribution in [3.05, 3.63) is 23.9 Å². The van der Waals surface area contributed by atoms with Crippen LogP contribution in [0, 0.1) is 5.41 Å². The highest BCUT2D eigenvalue weighted by Gasteiger charge is 2.34. The van der Waals surface area contributed by atoms with Gasteiger partial charge in [0.15, 0.2) is 0 Å². The van der Waals surface area contributed by atoms with Gasteiger partial charge >= 0.3 is 0 Å². The van der Waals surface area contributed by atoms with E-state index in [9.17, 15) is 4.79 Å². The number of hydrogen-bond donors (Lipinski definition) is 2. The molecule has 1 fully saturated rings. The molecule has 1 aromatic rings. The van der Waals surface area contributed by atoms with Crippen molar-refractivity contribution < 1.29 is 9.53 Å². The summed E-state index contributed by atoms with van der Waals surface area (Å²) in [5.74, 6) is 0.689. The van der Waals surface area contributed by atoms with E-state index in [0.29, 0.717) is 12.4 Å². The van der Waals surface area contributed by atoms with Crippen LogP contribution in [0.25, 0.3) is 0 Å². The van der Waals surface area contributed by atoms with Gasteiger partial charge in [-0.25, -0.2) is 4.98 Å². The SMILES string of the molecule is COc1ccc(CNC(=O)C2(C)CCCNC2)cn1. The van der Waals surface area contributed by atoms with E-state index in [1.54, 1.807) is 19.4 Å². The third-order valence-electron chi connectivity index (χ3n) is 3.61. The van der Waals surface area contributed by atoms with Crippen molar-refractivity contribution in [3.8, 4) is 5.88 Å². The fraction of sp³-hybridized carbons (Fsp3) is 0.571. The number of piperidine rings is 1. The average Bonchev–Trinajstić information content (AvgIpc) is 2.46. The summed E-state index contributed by atoms with van der Waals surface area (Å²) in [6, 6.07) is 3.71. The topological polar surface area (TPSA) is 63.2 Å². The standard InChI is InChI=1S/C14H21N3O2/c1-14(6-3-7-15-10-14)13(18)17-9-11-4-5-12(19-2)16-8-11/h4-5,8,15H,3,6-7,9-10H2,1-2H3,(H,17,18). The van der Waals surface area contributed by atoms with Crippen molar-refractivity contribution in [2.24, 2.45) is 5.41 Å². The van der Waals surface area contributed by atoms with Crippen molar-refractivity contribution in [1.82, 2.24) is 15.6 Å². The second-order valence-corrected chi connectivity index (χ2v) is 5.23. The van der Waals surface area contributed by atoms with Gasteiger partial charge in [0.05, 0.1) is 12.5 Å². The van der Waals surface area contributed by atoms with Crippen LogP contribution >= 0.6 is 0 Å². The highest BCUT2D eigenvalue weighted by atomic mass is 16.5. The van der Waals surface area contributed by atoms with Crippen molar-refractivity contribution in [3.63, 3.8) is 0 Å². The summed E-state index contributed by atoms with van der Waals surface area (Å²) in [5.41, 5.74) is 0.680. The molecule has 0 aromatic carbocycles. The smallest absolute Gasteiger partial charge is 0.227 e. The lowest BCUT2D eigenvalue weighted by Crippen LogP contribution is -2.48. The molecule has 1 atom stereocenters. The summed E-state index contributed by atoms with van der Waals surface area (Å²) in [6.07, 6.45) is 3.71. The molecule has 2 heterocycles. The number of carbonyl (C=O) groups is 1. The van der Waals surface area contributed by atoms with E-state index in [-0.39, 0.29) is 11.3 Å². The third-order valence-corrected chi connectivity index (χ3v) is 3.61. The highest BCUT2D eigenvalue weighted by Crippen LogP contribution is 2.25. The second-order valence-electron chi connectivity index (χ2n) is 5.23. The average molecular weight is 263 g/mol. The summed E-state index contributed by atoms with van der Waals surface area (Å²) < 4.78 is 5.00. The summed E-state index contributed by atoms with van der Waals surface area (Å²) in [7, 11) is 1.58. The molecule has 1 amide bonds. The van der Waals surface area contributed by atoms with Crippen LogP contribution in [-0.4, -0.2) is 31.1 Å². The summed E-state index contributed by atoms with van der Waals surface area (Å²) >= 11 is 0. The van der Waals surface area contributed by atoms with E-state index >= 15 is 0 Å². The van der Waals surface area contributed by atoms with Crippen LogP contribution in [0.15, 0.2) is 18.3 Å². The zero-order valence-electron chi connectivity index (χ0n) is 11.5. The molecule has 0 aliphatic carbocycles. The molecule has 104 valence electrons. The van der Waals surface area contributed by atoms with E-state index in [2.05, 4.69) is 15.6 Å². The quantitative estimate of drug-likeness (QED) is 0.854. The van der Waals surface area contributed by atoms with E-state index in [1.807, 2.05) is 13.0 Å². The monoisotopic (exact) mass is 263 g/mol. The summed E-state index contributed by atoms with van der Waals surface area (Å²) in [4.78, 5) is 16.3. The maximum absolute atomic E-state index is 12.2. The molecule has 5 nitrogen and oxygen atoms in total. The predicted octanol–water partition coefficient (Wildman–Crippen LogP) is 1.10. The van der Waals surface area contributed by atoms with Gasteiger partial charge in [0, 0.05) is 25.4 Å². The molecule has 5 heteroatoms. The maximum Gasteiger partial charge on any atom is 0.227 e. The van der Waals surface area contributed by atoms with Crippen LogP contribution < -0.4 is 15.4 Å². The molecule has 0 spiro atoms. The number of aromatic nitrogens is 1. The first-order valence-corrected chi connectivity index (χ1v) is 6.62. The largest absolute Gasteiger partial charge is 0.481 e. The number of nitrogens with one attached hydrogen (secondary N) is 2. The van der Waals surface area contributed by atoms with Crippen LogP contribution in [-0.2, 0) is 11.3 Å². The second kappa shape index (κ2) is 6.02. The molecular formula is C14H21N3O2. The van der Waals surface area contributed by atoms with E-state index in [0.717, 1.165) is 31.5 Å². The summed E-state index contributed by atoms with van der Waals surface area (Å²) in [6.45, 7) is 4.27. The van der Waals surface area contributed by atoms with E-state index in [4.69, 9.17) is 4.74 Å². The zero-order chi connectivity index (χ0) is 13.7. The van der Waals surface area contributed by atoms with Gasteiger partial charge in [0.2, 0.25) is 11.8 Å². The van der Waals surface area contributed by atoms with Crippen LogP contribution in [0.2, 0.25) is 0 Å². The first-order chi connectivity index (χ1) is 9.14. The lowest BCUT2D eigenvalue weighted by Gasteiger charge is -2.32. The van der Waals surface area contributed by atoms with Gasteiger partial charge in [-0.05, 0) is 31.9 Å². The van der Waals surface area contributed by atoms with Crippen LogP contribution in [0.5, 0.6) is 5.88 Å². The Labute approximate surface area is 113 Å². The van der Waals surface area contributed by atoms with Gasteiger partial charge in [-0.1, -0.05) is 6.07 Å². The minimum absolute atomic E-state index is 0.107. The third kappa shape index (κ3) is 3.44. The summed E-state index contributed by atoms with van der Waals surface area (Å²) in [5, 5.41) is 6.27. The maximum atomic E-state index is 12.2. The van der Waals surface area contributed by atoms with E-state index < -0.39 is 0 Å². The van der Waals surface area contributed by atoms with Crippen molar-refractivity contribution in [2.75, 3.05) is 20.2 Å². The molecule has 1 aliphatic heterocycles. The molecule has 0 radical (unpaired) electrons. The normalized spacial score (nSPS) is 22.8. The Hall–Kier alpha value is -1.62. The Morgan fingerprint density at radius 1 is 1.58 bits per heavy atom. The van der Waals surface area contributed by atoms with Crippen LogP contribution in [0.3, 0.4) is 0 Å². The molecule has 1 aromatic heterocycles. The molecule has 2 N–H and O–H groups in total. The number of amides is 1. The lowest BCUT2D eigenvalue weighted by molar-refractivity contribution is -0.131. The van der Waals surface area contributed by atoms with Gasteiger partial charge < -0.3 is 15.4 Å². The van der Waals surface area contributed by atoms with Gasteiger partial charge in [0.1, 0.15) is 0 Å². The number of ether oxygens (including phenoxy) is 1. The molecule has 19 heavy (non-hydrogen) atoms. The van der Waals surface area contributed by atoms with Crippen LogP contribution in [0.1, 0.15) is 25.3 Å². The van der Waals surface area contributed by atoms with Crippen molar-refractivity contribution in [1.29, 1.82) is 0 Å². The zero-order valence-corrected chi connectivity index (χ0v) is 11.5. The number of pyridine rings is 1. The number of hydrogen-bond acceptors (Lipinski definition) is 4. The Kier molecular flexibility index (Phi) is 4.37. The molecule has 1 unspecified atom stereocenters. The van der Waals surface area contributed by atoms with E-state index in [1.165, 1.54) is 0 Å². The number of nitrogens with zero attached hydrogens (tertiary/aromatic N) is 1. The number of rotatable bonds is 4. The minimum Gasteiger partial charge on any atom is -0.481 e. The molecule has 1 saturated heterocycles. The van der Waals surface area contributed by atoms with Gasteiger partial charge in [-0.3, -0.25) is 4.79 Å². The Morgan fingerprint density at radius 2 is 2.42 bits per heavy atom. The van der Waals surface area contributed by atoms with Crippen LogP contribution in [0.4, 0.5) is 0 Å². The van der Waals surface area contributed by atoms with Gasteiger partial charge in [-0.15, -0.1) is 0 Å². The Bertz CT molecular complexity index is 425. The number of carbonyl (C=O) groups excluding carboxylic acids is 1. The Morgan fingerprint density at radius 3 is 3.00 bits per heavy atom. The van der Waals surface area contributed by atoms with Gasteiger partial charge in [0.25, 0.3) is 0 Å². The first-order valence-electron chi connectivity index (χ1n) is 6.62. The fourth-order valence-electron chi connectivity index (χ4n) is 2.28. The van der Waals surface area contributed by atoms with Crippen molar-refractivity contribution in [2.45, 2.75) is 26.3 Å². The molecule has 0 saturated carbocycles. The van der Waals surface area contributed by atoms with Gasteiger partial charge in [-0.2, -0.15) is 0 Å². The van der Waals surface area contributed by atoms with Crippen molar-refractivity contribution >= 4 is 5.91 Å².